The van der Waals surface area contributed by atoms with Crippen molar-refractivity contribution in [1.29, 1.82) is 0 Å². The summed E-state index contributed by atoms with van der Waals surface area (Å²) in [5.41, 5.74) is 1.18. The number of amides is 2. The molecule has 10 heteroatoms. The number of thiazole rings is 1. The maximum Gasteiger partial charge on any atom is 0.305 e. The molecule has 178 valence electrons. The lowest BCUT2D eigenvalue weighted by Gasteiger charge is -2.43. The number of rotatable bonds is 5. The molecule has 3 heterocycles. The van der Waals surface area contributed by atoms with Crippen LogP contribution < -0.4 is 4.74 Å². The van der Waals surface area contributed by atoms with Crippen LogP contribution in [0.2, 0.25) is 0 Å². The molecule has 1 saturated heterocycles. The SMILES string of the molecule is COc1ccc([C@@H]2c3sc(=S)n(C)c3S[C@@H]3[C@H]4C[C@@H]([C@@H]5C(=O)N(CCC(=O)O)C(=O)[C@H]45)[C@@H]23)cc1. The summed E-state index contributed by atoms with van der Waals surface area (Å²) in [7, 11) is 3.65. The van der Waals surface area contributed by atoms with Crippen molar-refractivity contribution in [1.82, 2.24) is 9.47 Å². The fourth-order valence-corrected chi connectivity index (χ4v) is 10.4. The van der Waals surface area contributed by atoms with Crippen LogP contribution >= 0.6 is 35.3 Å². The molecule has 3 fully saturated rings. The number of hydrogen-bond acceptors (Lipinski definition) is 7. The van der Waals surface area contributed by atoms with Gasteiger partial charge in [-0.1, -0.05) is 12.1 Å². The highest BCUT2D eigenvalue weighted by Crippen LogP contribution is 2.69. The van der Waals surface area contributed by atoms with E-state index in [9.17, 15) is 14.4 Å². The van der Waals surface area contributed by atoms with E-state index in [1.54, 1.807) is 18.4 Å². The molecule has 7 atom stereocenters. The Balaban J connectivity index is 1.42. The zero-order valence-electron chi connectivity index (χ0n) is 18.7. The Morgan fingerprint density at radius 2 is 1.85 bits per heavy atom. The van der Waals surface area contributed by atoms with Crippen LogP contribution in [0.1, 0.15) is 29.2 Å². The molecule has 1 aromatic heterocycles. The number of nitrogens with zero attached hydrogens (tertiary/aromatic N) is 2. The van der Waals surface area contributed by atoms with Gasteiger partial charge in [0.1, 0.15) is 5.75 Å². The Morgan fingerprint density at radius 3 is 2.50 bits per heavy atom. The number of benzene rings is 1. The number of thioether (sulfide) groups is 1. The average molecular weight is 517 g/mol. The zero-order valence-corrected chi connectivity index (χ0v) is 21.1. The van der Waals surface area contributed by atoms with Crippen molar-refractivity contribution >= 4 is 53.1 Å². The van der Waals surface area contributed by atoms with Gasteiger partial charge in [-0.25, -0.2) is 0 Å². The van der Waals surface area contributed by atoms with Crippen molar-refractivity contribution in [3.63, 3.8) is 0 Å². The van der Waals surface area contributed by atoms with E-state index in [0.717, 1.165) is 16.1 Å². The molecule has 0 unspecified atom stereocenters. The Kier molecular flexibility index (Phi) is 5.20. The molecule has 6 rings (SSSR count). The molecule has 2 aliphatic carbocycles. The molecule has 0 radical (unpaired) electrons. The van der Waals surface area contributed by atoms with E-state index in [1.807, 2.05) is 30.9 Å². The number of hydrogen-bond donors (Lipinski definition) is 1. The lowest BCUT2D eigenvalue weighted by Crippen LogP contribution is -2.43. The van der Waals surface area contributed by atoms with E-state index >= 15 is 0 Å². The van der Waals surface area contributed by atoms with E-state index in [4.69, 9.17) is 22.1 Å². The third-order valence-corrected chi connectivity index (χ3v) is 11.6. The number of aromatic nitrogens is 1. The summed E-state index contributed by atoms with van der Waals surface area (Å²) >= 11 is 9.10. The summed E-state index contributed by atoms with van der Waals surface area (Å²) in [4.78, 5) is 40.2. The van der Waals surface area contributed by atoms with Crippen LogP contribution in [0.25, 0.3) is 0 Å². The van der Waals surface area contributed by atoms with E-state index in [2.05, 4.69) is 16.7 Å². The maximum atomic E-state index is 13.4. The van der Waals surface area contributed by atoms with Crippen molar-refractivity contribution in [2.75, 3.05) is 13.7 Å². The molecule has 1 aromatic carbocycles. The highest BCUT2D eigenvalue weighted by molar-refractivity contribution is 8.00. The van der Waals surface area contributed by atoms with E-state index in [0.29, 0.717) is 0 Å². The van der Waals surface area contributed by atoms with Crippen LogP contribution in [0, 0.1) is 33.5 Å². The number of carboxylic acids is 1. The summed E-state index contributed by atoms with van der Waals surface area (Å²) in [5.74, 6) is -0.685. The minimum absolute atomic E-state index is 0.0363. The number of ether oxygens (including phenoxy) is 1. The van der Waals surface area contributed by atoms with Crippen LogP contribution in [0.4, 0.5) is 0 Å². The first-order valence-electron chi connectivity index (χ1n) is 11.4. The third-order valence-electron chi connectivity index (χ3n) is 8.18. The highest BCUT2D eigenvalue weighted by Gasteiger charge is 2.69. The van der Waals surface area contributed by atoms with Gasteiger partial charge in [-0.3, -0.25) is 19.3 Å². The van der Waals surface area contributed by atoms with E-state index < -0.39 is 5.97 Å². The molecule has 2 amide bonds. The molecule has 2 aromatic rings. The van der Waals surface area contributed by atoms with Crippen molar-refractivity contribution in [3.05, 3.63) is 38.7 Å². The first kappa shape index (κ1) is 22.3. The smallest absolute Gasteiger partial charge is 0.305 e. The van der Waals surface area contributed by atoms with Crippen molar-refractivity contribution in [2.45, 2.75) is 29.0 Å². The molecule has 7 nitrogen and oxygen atoms in total. The first-order chi connectivity index (χ1) is 16.3. The lowest BCUT2D eigenvalue weighted by molar-refractivity contribution is -0.142. The number of fused-ring (bicyclic) bond motifs is 9. The number of imide groups is 1. The molecule has 4 aliphatic rings. The summed E-state index contributed by atoms with van der Waals surface area (Å²) in [6.07, 6.45) is 0.658. The van der Waals surface area contributed by atoms with E-state index in [-0.39, 0.29) is 65.5 Å². The number of methoxy groups -OCH3 is 1. The third kappa shape index (κ3) is 3.01. The summed E-state index contributed by atoms with van der Waals surface area (Å²) in [6.45, 7) is -0.0363. The van der Waals surface area contributed by atoms with Crippen molar-refractivity contribution in [2.24, 2.45) is 36.6 Å². The van der Waals surface area contributed by atoms with Gasteiger partial charge in [0.2, 0.25) is 11.8 Å². The standard InChI is InChI=1S/C24H24N2O5S3/c1-25-23-20(34-24(25)32)15(10-3-5-11(31-2)6-4-10)16-12-9-13(19(16)33-23)18-17(12)21(29)26(22(18)30)8-7-14(27)28/h3-6,12-13,15-19H,7-9H2,1-2H3,(H,27,28)/t12-,13+,15+,16+,17+,18-,19-/m1/s1. The van der Waals surface area contributed by atoms with Crippen molar-refractivity contribution in [3.8, 4) is 5.75 Å². The van der Waals surface area contributed by atoms with Gasteiger partial charge in [-0.05, 0) is 54.1 Å². The second-order valence-electron chi connectivity index (χ2n) is 9.59. The average Bonchev–Trinajstić information content (AvgIpc) is 3.53. The van der Waals surface area contributed by atoms with Crippen LogP contribution in [0.5, 0.6) is 5.75 Å². The summed E-state index contributed by atoms with van der Waals surface area (Å²) < 4.78 is 8.28. The zero-order chi connectivity index (χ0) is 23.9. The largest absolute Gasteiger partial charge is 0.497 e. The molecule has 0 spiro atoms. The van der Waals surface area contributed by atoms with Gasteiger partial charge in [0.05, 0.1) is 30.4 Å². The Morgan fingerprint density at radius 1 is 1.18 bits per heavy atom. The molecular weight excluding hydrogens is 492 g/mol. The van der Waals surface area contributed by atoms with E-state index in [1.165, 1.54) is 20.4 Å². The number of likely N-dealkylation sites (tertiary alicyclic amines) is 1. The number of carbonyl (C=O) groups is 3. The second kappa shape index (κ2) is 7.93. The minimum Gasteiger partial charge on any atom is -0.497 e. The maximum absolute atomic E-state index is 13.4. The Labute approximate surface area is 210 Å². The molecular formula is C24H24N2O5S3. The quantitative estimate of drug-likeness (QED) is 0.478. The molecule has 2 bridgehead atoms. The van der Waals surface area contributed by atoms with Gasteiger partial charge in [-0.2, -0.15) is 0 Å². The van der Waals surface area contributed by atoms with Gasteiger partial charge in [0.25, 0.3) is 0 Å². The number of carboxylic acid groups (broad SMARTS) is 1. The number of carbonyl (C=O) groups excluding carboxylic acids is 2. The predicted octanol–water partition coefficient (Wildman–Crippen LogP) is 3.77. The van der Waals surface area contributed by atoms with Gasteiger partial charge in [-0.15, -0.1) is 23.1 Å². The number of aliphatic carboxylic acids is 1. The fraction of sp³-hybridized carbons (Fsp3) is 0.500. The van der Waals surface area contributed by atoms with Crippen LogP contribution in [-0.2, 0) is 21.4 Å². The molecule has 34 heavy (non-hydrogen) atoms. The monoisotopic (exact) mass is 516 g/mol. The van der Waals surface area contributed by atoms with Crippen LogP contribution in [-0.4, -0.2) is 51.3 Å². The fourth-order valence-electron chi connectivity index (χ4n) is 6.85. The van der Waals surface area contributed by atoms with Gasteiger partial charge in [0.15, 0.2) is 3.95 Å². The first-order valence-corrected chi connectivity index (χ1v) is 13.5. The molecule has 1 N–H and O–H groups in total. The van der Waals surface area contributed by atoms with Crippen LogP contribution in [0.3, 0.4) is 0 Å². The summed E-state index contributed by atoms with van der Waals surface area (Å²) in [5, 5.41) is 10.5. The normalized spacial score (nSPS) is 33.1. The summed E-state index contributed by atoms with van der Waals surface area (Å²) in [6, 6.07) is 8.16. The van der Waals surface area contributed by atoms with Gasteiger partial charge in [0, 0.05) is 29.6 Å². The Bertz CT molecular complexity index is 1270. The van der Waals surface area contributed by atoms with Gasteiger partial charge < -0.3 is 14.4 Å². The molecule has 2 saturated carbocycles. The second-order valence-corrected chi connectivity index (χ2v) is 12.4. The topological polar surface area (TPSA) is 88.8 Å². The van der Waals surface area contributed by atoms with Gasteiger partial charge >= 0.3 is 5.97 Å². The lowest BCUT2D eigenvalue weighted by atomic mass is 9.68. The van der Waals surface area contributed by atoms with Crippen molar-refractivity contribution < 1.29 is 24.2 Å². The Hall–Kier alpha value is -2.17. The minimum atomic E-state index is -0.999. The molecule has 2 aliphatic heterocycles. The predicted molar refractivity (Wildman–Crippen MR) is 130 cm³/mol. The highest BCUT2D eigenvalue weighted by atomic mass is 32.2. The van der Waals surface area contributed by atoms with Crippen LogP contribution in [0.15, 0.2) is 29.3 Å².